The van der Waals surface area contributed by atoms with Gasteiger partial charge in [0.1, 0.15) is 5.75 Å². The topological polar surface area (TPSA) is 66.2 Å². The molecule has 1 heterocycles. The van der Waals surface area contributed by atoms with E-state index in [2.05, 4.69) is 11.1 Å². The predicted molar refractivity (Wildman–Crippen MR) is 118 cm³/mol. The van der Waals surface area contributed by atoms with Gasteiger partial charge in [-0.15, -0.1) is 0 Å². The van der Waals surface area contributed by atoms with E-state index in [1.165, 1.54) is 11.8 Å². The first-order valence-corrected chi connectivity index (χ1v) is 10.3. The molecule has 3 rings (SSSR count). The Hall–Kier alpha value is -3.04. The van der Waals surface area contributed by atoms with Crippen LogP contribution in [-0.4, -0.2) is 30.3 Å². The van der Waals surface area contributed by atoms with E-state index in [-0.39, 0.29) is 18.1 Å². The number of aryl methyl sites for hydroxylation is 2. The van der Waals surface area contributed by atoms with E-state index >= 15 is 0 Å². The molecule has 0 bridgehead atoms. The molecule has 0 saturated heterocycles. The number of nitriles is 1. The van der Waals surface area contributed by atoms with Crippen molar-refractivity contribution < 1.29 is 9.53 Å². The number of ether oxygens (including phenoxy) is 1. The van der Waals surface area contributed by atoms with Gasteiger partial charge >= 0.3 is 0 Å². The van der Waals surface area contributed by atoms with Gasteiger partial charge in [0.15, 0.2) is 0 Å². The molecule has 0 aliphatic rings. The van der Waals surface area contributed by atoms with Crippen molar-refractivity contribution in [1.82, 2.24) is 4.98 Å². The van der Waals surface area contributed by atoms with Crippen molar-refractivity contribution in [2.24, 2.45) is 0 Å². The molecule has 0 atom stereocenters. The van der Waals surface area contributed by atoms with Gasteiger partial charge in [-0.3, -0.25) is 4.79 Å². The number of thioether (sulfide) groups is 1. The van der Waals surface area contributed by atoms with Gasteiger partial charge in [-0.25, -0.2) is 4.98 Å². The van der Waals surface area contributed by atoms with Crippen LogP contribution in [0.5, 0.6) is 5.75 Å². The van der Waals surface area contributed by atoms with Crippen LogP contribution in [0.3, 0.4) is 0 Å². The van der Waals surface area contributed by atoms with Crippen LogP contribution < -0.4 is 9.64 Å². The number of methoxy groups -OCH3 is 1. The fourth-order valence-corrected chi connectivity index (χ4v) is 3.90. The second kappa shape index (κ2) is 9.44. The highest BCUT2D eigenvalue weighted by atomic mass is 32.2. The highest BCUT2D eigenvalue weighted by Gasteiger charge is 2.16. The Morgan fingerprint density at radius 1 is 1.17 bits per heavy atom. The molecule has 2 aromatic carbocycles. The summed E-state index contributed by atoms with van der Waals surface area (Å²) in [6.07, 6.45) is 0.289. The third-order valence-corrected chi connectivity index (χ3v) is 5.53. The largest absolute Gasteiger partial charge is 0.497 e. The molecule has 148 valence electrons. The first-order chi connectivity index (χ1) is 14.0. The Kier molecular flexibility index (Phi) is 6.73. The summed E-state index contributed by atoms with van der Waals surface area (Å²) >= 11 is 1.40. The molecule has 0 aliphatic carbocycles. The first kappa shape index (κ1) is 20.7. The van der Waals surface area contributed by atoms with Gasteiger partial charge in [-0.2, -0.15) is 5.26 Å². The van der Waals surface area contributed by atoms with Gasteiger partial charge in [-0.05, 0) is 49.7 Å². The third kappa shape index (κ3) is 5.07. The van der Waals surface area contributed by atoms with Crippen LogP contribution in [-0.2, 0) is 4.79 Å². The third-order valence-electron chi connectivity index (χ3n) is 4.64. The summed E-state index contributed by atoms with van der Waals surface area (Å²) in [4.78, 5) is 19.3. The Bertz CT molecular complexity index is 1060. The van der Waals surface area contributed by atoms with E-state index in [9.17, 15) is 4.79 Å². The Morgan fingerprint density at radius 3 is 2.62 bits per heavy atom. The molecule has 0 N–H and O–H groups in total. The summed E-state index contributed by atoms with van der Waals surface area (Å²) < 4.78 is 5.29. The molecule has 1 aromatic heterocycles. The van der Waals surface area contributed by atoms with Crippen LogP contribution in [0.2, 0.25) is 0 Å². The fourth-order valence-electron chi connectivity index (χ4n) is 3.05. The SMILES string of the molecule is COc1ccc2c(C)cc(SCC(=O)N(CCC#N)c3ccc(C)cc3)nc2c1. The van der Waals surface area contributed by atoms with Gasteiger partial charge in [0, 0.05) is 23.7 Å². The average molecular weight is 406 g/mol. The summed E-state index contributed by atoms with van der Waals surface area (Å²) in [5.74, 6) is 0.963. The summed E-state index contributed by atoms with van der Waals surface area (Å²) in [6.45, 7) is 4.41. The van der Waals surface area contributed by atoms with Gasteiger partial charge in [0.05, 0.1) is 35.9 Å². The van der Waals surface area contributed by atoms with Crippen molar-refractivity contribution in [3.05, 3.63) is 59.7 Å². The number of hydrogen-bond acceptors (Lipinski definition) is 5. The lowest BCUT2D eigenvalue weighted by atomic mass is 10.1. The zero-order chi connectivity index (χ0) is 20.8. The highest BCUT2D eigenvalue weighted by Crippen LogP contribution is 2.27. The van der Waals surface area contributed by atoms with Gasteiger partial charge < -0.3 is 9.64 Å². The van der Waals surface area contributed by atoms with Crippen LogP contribution in [0.25, 0.3) is 10.9 Å². The quantitative estimate of drug-likeness (QED) is 0.523. The highest BCUT2D eigenvalue weighted by molar-refractivity contribution is 7.99. The zero-order valence-electron chi connectivity index (χ0n) is 16.8. The lowest BCUT2D eigenvalue weighted by molar-refractivity contribution is -0.116. The van der Waals surface area contributed by atoms with Crippen molar-refractivity contribution in [2.75, 3.05) is 24.3 Å². The molecule has 29 heavy (non-hydrogen) atoms. The number of anilines is 1. The molecule has 0 saturated carbocycles. The summed E-state index contributed by atoms with van der Waals surface area (Å²) in [7, 11) is 1.63. The maximum absolute atomic E-state index is 12.9. The minimum absolute atomic E-state index is 0.0423. The number of benzene rings is 2. The summed E-state index contributed by atoms with van der Waals surface area (Å²) in [5.41, 5.74) is 3.89. The van der Waals surface area contributed by atoms with Crippen molar-refractivity contribution in [3.63, 3.8) is 0 Å². The van der Waals surface area contributed by atoms with Crippen LogP contribution in [0, 0.1) is 25.2 Å². The molecule has 5 nitrogen and oxygen atoms in total. The standard InChI is InChI=1S/C23H23N3O2S/c1-16-5-7-18(8-6-16)26(12-4-11-24)23(27)15-29-22-13-17(2)20-10-9-19(28-3)14-21(20)25-22/h5-10,13-14H,4,12,15H2,1-3H3. The van der Waals surface area contributed by atoms with Crippen LogP contribution in [0.1, 0.15) is 17.5 Å². The second-order valence-electron chi connectivity index (χ2n) is 6.74. The number of pyridine rings is 1. The molecule has 1 amide bonds. The Labute approximate surface area is 175 Å². The smallest absolute Gasteiger partial charge is 0.237 e. The minimum atomic E-state index is -0.0423. The number of amides is 1. The number of carbonyl (C=O) groups excluding carboxylic acids is 1. The molecular formula is C23H23N3O2S. The fraction of sp³-hybridized carbons (Fsp3) is 0.261. The van der Waals surface area contributed by atoms with Crippen LogP contribution >= 0.6 is 11.8 Å². The number of carbonyl (C=O) groups is 1. The normalized spacial score (nSPS) is 10.6. The second-order valence-corrected chi connectivity index (χ2v) is 7.73. The number of rotatable bonds is 7. The molecule has 6 heteroatoms. The predicted octanol–water partition coefficient (Wildman–Crippen LogP) is 4.90. The molecule has 0 unspecified atom stereocenters. The van der Waals surface area contributed by atoms with E-state index < -0.39 is 0 Å². The Morgan fingerprint density at radius 2 is 1.93 bits per heavy atom. The number of hydrogen-bond donors (Lipinski definition) is 0. The molecule has 3 aromatic rings. The monoisotopic (exact) mass is 405 g/mol. The average Bonchev–Trinajstić information content (AvgIpc) is 2.73. The molecule has 0 spiro atoms. The first-order valence-electron chi connectivity index (χ1n) is 9.34. The molecule has 0 aliphatic heterocycles. The van der Waals surface area contributed by atoms with Crippen molar-refractivity contribution in [2.45, 2.75) is 25.3 Å². The van der Waals surface area contributed by atoms with Crippen LogP contribution in [0.4, 0.5) is 5.69 Å². The maximum atomic E-state index is 12.9. The van der Waals surface area contributed by atoms with Crippen molar-refractivity contribution >= 4 is 34.3 Å². The summed E-state index contributed by atoms with van der Waals surface area (Å²) in [5, 5.41) is 10.8. The lowest BCUT2D eigenvalue weighted by Gasteiger charge is -2.22. The van der Waals surface area contributed by atoms with Crippen molar-refractivity contribution in [1.29, 1.82) is 5.26 Å². The van der Waals surface area contributed by atoms with Crippen molar-refractivity contribution in [3.8, 4) is 11.8 Å². The van der Waals surface area contributed by atoms with Gasteiger partial charge in [0.2, 0.25) is 5.91 Å². The number of nitrogens with zero attached hydrogens (tertiary/aromatic N) is 3. The maximum Gasteiger partial charge on any atom is 0.237 e. The summed E-state index contributed by atoms with van der Waals surface area (Å²) in [6, 6.07) is 17.7. The van der Waals surface area contributed by atoms with E-state index in [4.69, 9.17) is 10.00 Å². The van der Waals surface area contributed by atoms with Gasteiger partial charge in [-0.1, -0.05) is 29.5 Å². The zero-order valence-corrected chi connectivity index (χ0v) is 17.6. The van der Waals surface area contributed by atoms with Gasteiger partial charge in [0.25, 0.3) is 0 Å². The minimum Gasteiger partial charge on any atom is -0.497 e. The van der Waals surface area contributed by atoms with E-state index in [1.54, 1.807) is 12.0 Å². The van der Waals surface area contributed by atoms with E-state index in [0.29, 0.717) is 6.54 Å². The van der Waals surface area contributed by atoms with E-state index in [0.717, 1.165) is 38.5 Å². The number of aromatic nitrogens is 1. The van der Waals surface area contributed by atoms with E-state index in [1.807, 2.05) is 62.4 Å². The van der Waals surface area contributed by atoms with Crippen LogP contribution in [0.15, 0.2) is 53.6 Å². The molecule has 0 fully saturated rings. The molecular weight excluding hydrogens is 382 g/mol. The lowest BCUT2D eigenvalue weighted by Crippen LogP contribution is -2.33. The molecule has 0 radical (unpaired) electrons. The number of fused-ring (bicyclic) bond motifs is 1. The Balaban J connectivity index is 1.78.